The van der Waals surface area contributed by atoms with Crippen molar-refractivity contribution in [1.29, 1.82) is 0 Å². The van der Waals surface area contributed by atoms with Crippen molar-refractivity contribution in [2.24, 2.45) is 0 Å². The molecule has 1 N–H and O–H groups in total. The molecule has 0 aliphatic carbocycles. The lowest BCUT2D eigenvalue weighted by Crippen LogP contribution is -2.00. The van der Waals surface area contributed by atoms with Gasteiger partial charge in [0.25, 0.3) is 0 Å². The van der Waals surface area contributed by atoms with Gasteiger partial charge in [0, 0.05) is 24.1 Å². The minimum absolute atomic E-state index is 0.671. The van der Waals surface area contributed by atoms with Crippen LogP contribution in [0.15, 0.2) is 79.7 Å². The molecule has 0 saturated carbocycles. The van der Waals surface area contributed by atoms with Gasteiger partial charge in [0.05, 0.1) is 0 Å². The van der Waals surface area contributed by atoms with Gasteiger partial charge in [-0.1, -0.05) is 31.4 Å². The highest BCUT2D eigenvalue weighted by molar-refractivity contribution is 5.44. The molecule has 0 spiro atoms. The summed E-state index contributed by atoms with van der Waals surface area (Å²) in [5, 5.41) is 3.37. The zero-order chi connectivity index (χ0) is 15.8. The van der Waals surface area contributed by atoms with Gasteiger partial charge in [-0.05, 0) is 48.9 Å². The minimum atomic E-state index is 0.671. The molecule has 3 heteroatoms. The van der Waals surface area contributed by atoms with Crippen LogP contribution in [0.2, 0.25) is 0 Å². The van der Waals surface area contributed by atoms with E-state index in [1.54, 1.807) is 24.4 Å². The summed E-state index contributed by atoms with van der Waals surface area (Å²) in [5.41, 5.74) is 3.18. The molecule has 112 valence electrons. The average Bonchev–Trinajstić information content (AvgIpc) is 2.53. The highest BCUT2D eigenvalue weighted by atomic mass is 16.5. The molecule has 1 heterocycles. The van der Waals surface area contributed by atoms with E-state index in [9.17, 15) is 0 Å². The van der Waals surface area contributed by atoms with Gasteiger partial charge in [0.2, 0.25) is 0 Å². The molecule has 0 saturated heterocycles. The van der Waals surface area contributed by atoms with Gasteiger partial charge in [0.15, 0.2) is 0 Å². The zero-order valence-electron chi connectivity index (χ0n) is 12.8. The third kappa shape index (κ3) is 4.63. The third-order valence-corrected chi connectivity index (χ3v) is 3.01. The lowest BCUT2D eigenvalue weighted by molar-refractivity contribution is 0.444. The topological polar surface area (TPSA) is 34.1 Å². The highest BCUT2D eigenvalue weighted by Gasteiger charge is 2.00. The van der Waals surface area contributed by atoms with Crippen LogP contribution >= 0.6 is 0 Å². The number of aryl methyl sites for hydroxylation is 1. The van der Waals surface area contributed by atoms with Crippen LogP contribution < -0.4 is 10.1 Å². The molecule has 0 radical (unpaired) electrons. The molecule has 0 atom stereocenters. The zero-order valence-corrected chi connectivity index (χ0v) is 12.8. The quantitative estimate of drug-likeness (QED) is 0.596. The van der Waals surface area contributed by atoms with E-state index in [4.69, 9.17) is 4.74 Å². The minimum Gasteiger partial charge on any atom is -0.457 e. The van der Waals surface area contributed by atoms with Gasteiger partial charge in [-0.2, -0.15) is 0 Å². The second-order valence-corrected chi connectivity index (χ2v) is 4.80. The van der Waals surface area contributed by atoms with Crippen molar-refractivity contribution in [3.05, 3.63) is 91.0 Å². The summed E-state index contributed by atoms with van der Waals surface area (Å²) in [6.45, 7) is 10.1. The van der Waals surface area contributed by atoms with Crippen molar-refractivity contribution in [2.75, 3.05) is 5.32 Å². The summed E-state index contributed by atoms with van der Waals surface area (Å²) in [6.07, 6.45) is 6.91. The van der Waals surface area contributed by atoms with Crippen LogP contribution in [0.4, 0.5) is 5.69 Å². The summed E-state index contributed by atoms with van der Waals surface area (Å²) >= 11 is 0. The largest absolute Gasteiger partial charge is 0.457 e. The number of nitrogens with zero attached hydrogens (tertiary/aromatic N) is 1. The molecule has 22 heavy (non-hydrogen) atoms. The van der Waals surface area contributed by atoms with Crippen LogP contribution in [-0.2, 0) is 6.54 Å². The smallest absolute Gasteiger partial charge is 0.127 e. The summed E-state index contributed by atoms with van der Waals surface area (Å²) in [5.74, 6) is 1.45. The normalized spacial score (nSPS) is 10.9. The predicted molar refractivity (Wildman–Crippen MR) is 91.8 cm³/mol. The molecule has 1 aromatic carbocycles. The molecule has 2 rings (SSSR count). The number of hydrogen-bond acceptors (Lipinski definition) is 3. The maximum Gasteiger partial charge on any atom is 0.127 e. The van der Waals surface area contributed by atoms with Gasteiger partial charge in [-0.25, -0.2) is 0 Å². The maximum atomic E-state index is 5.75. The first kappa shape index (κ1) is 15.6. The number of aromatic nitrogens is 1. The van der Waals surface area contributed by atoms with Crippen LogP contribution in [0, 0.1) is 6.92 Å². The summed E-state index contributed by atoms with van der Waals surface area (Å²) in [6, 6.07) is 11.9. The number of hydrogen-bond donors (Lipinski definition) is 1. The van der Waals surface area contributed by atoms with Crippen molar-refractivity contribution in [1.82, 2.24) is 4.98 Å². The van der Waals surface area contributed by atoms with E-state index in [2.05, 4.69) is 29.5 Å². The molecule has 0 amide bonds. The lowest BCUT2D eigenvalue weighted by Gasteiger charge is -2.10. The Morgan fingerprint density at radius 1 is 1.27 bits per heavy atom. The molecular weight excluding hydrogens is 272 g/mol. The molecule has 3 nitrogen and oxygen atoms in total. The Labute approximate surface area is 131 Å². The monoisotopic (exact) mass is 292 g/mol. The Hall–Kier alpha value is -2.81. The molecular formula is C19H20N2O. The fraction of sp³-hybridized carbons (Fsp3) is 0.105. The van der Waals surface area contributed by atoms with E-state index in [-0.39, 0.29) is 0 Å². The Bertz CT molecular complexity index is 689. The van der Waals surface area contributed by atoms with Crippen molar-refractivity contribution in [3.63, 3.8) is 0 Å². The second-order valence-electron chi connectivity index (χ2n) is 4.80. The molecule has 0 fully saturated rings. The van der Waals surface area contributed by atoms with E-state index in [0.29, 0.717) is 5.76 Å². The number of benzene rings is 1. The van der Waals surface area contributed by atoms with Crippen molar-refractivity contribution in [2.45, 2.75) is 13.5 Å². The summed E-state index contributed by atoms with van der Waals surface area (Å²) < 4.78 is 5.75. The molecule has 0 bridgehead atoms. The fourth-order valence-electron chi connectivity index (χ4n) is 1.97. The molecule has 1 aromatic heterocycles. The van der Waals surface area contributed by atoms with Crippen molar-refractivity contribution in [3.8, 4) is 5.75 Å². The number of nitrogens with one attached hydrogen (secondary N) is 1. The molecule has 0 unspecified atom stereocenters. The first-order valence-electron chi connectivity index (χ1n) is 7.10. The van der Waals surface area contributed by atoms with Crippen LogP contribution in [0.3, 0.4) is 0 Å². The van der Waals surface area contributed by atoms with E-state index in [1.807, 2.05) is 37.3 Å². The van der Waals surface area contributed by atoms with Gasteiger partial charge < -0.3 is 10.1 Å². The first-order valence-corrected chi connectivity index (χ1v) is 7.10. The van der Waals surface area contributed by atoms with Gasteiger partial charge in [0.1, 0.15) is 11.5 Å². The van der Waals surface area contributed by atoms with Gasteiger partial charge in [-0.15, -0.1) is 0 Å². The second kappa shape index (κ2) is 7.84. The Balaban J connectivity index is 2.03. The highest BCUT2D eigenvalue weighted by Crippen LogP contribution is 2.18. The summed E-state index contributed by atoms with van der Waals surface area (Å²) in [4.78, 5) is 4.18. The predicted octanol–water partition coefficient (Wildman–Crippen LogP) is 4.64. The van der Waals surface area contributed by atoms with Crippen LogP contribution in [0.25, 0.3) is 0 Å². The summed E-state index contributed by atoms with van der Waals surface area (Å²) in [7, 11) is 0. The van der Waals surface area contributed by atoms with Crippen molar-refractivity contribution >= 4 is 5.69 Å². The number of anilines is 1. The van der Waals surface area contributed by atoms with Crippen LogP contribution in [0.1, 0.15) is 11.3 Å². The maximum absolute atomic E-state index is 5.75. The Kier molecular flexibility index (Phi) is 5.55. The number of ether oxygens (including phenoxy) is 1. The lowest BCUT2D eigenvalue weighted by atomic mass is 10.2. The van der Waals surface area contributed by atoms with E-state index < -0.39 is 0 Å². The van der Waals surface area contributed by atoms with Crippen LogP contribution in [-0.4, -0.2) is 4.98 Å². The standard InChI is InChI=1S/C19H20N2O/c1-4-7-18(5-2)22-19-9-6-8-16(13-19)14-21-17-10-11-20-15(3)12-17/h4-13H,1-2,14H2,3H3,(H,20,21)/b18-7+. The van der Waals surface area contributed by atoms with Gasteiger partial charge in [-0.3, -0.25) is 4.98 Å². The first-order chi connectivity index (χ1) is 10.7. The van der Waals surface area contributed by atoms with E-state index >= 15 is 0 Å². The van der Waals surface area contributed by atoms with E-state index in [0.717, 1.165) is 29.2 Å². The third-order valence-electron chi connectivity index (χ3n) is 3.01. The van der Waals surface area contributed by atoms with Gasteiger partial charge >= 0.3 is 0 Å². The van der Waals surface area contributed by atoms with Crippen LogP contribution in [0.5, 0.6) is 5.75 Å². The molecule has 0 aliphatic rings. The SMILES string of the molecule is C=C/C=C(\C=C)Oc1cccc(CNc2ccnc(C)c2)c1. The van der Waals surface area contributed by atoms with E-state index in [1.165, 1.54) is 0 Å². The van der Waals surface area contributed by atoms with Crippen molar-refractivity contribution < 1.29 is 4.74 Å². The number of rotatable bonds is 7. The number of allylic oxidation sites excluding steroid dienone is 3. The average molecular weight is 292 g/mol. The molecule has 0 aliphatic heterocycles. The Morgan fingerprint density at radius 3 is 2.86 bits per heavy atom. The number of pyridine rings is 1. The Morgan fingerprint density at radius 2 is 2.14 bits per heavy atom. The fourth-order valence-corrected chi connectivity index (χ4v) is 1.97. The molecule has 2 aromatic rings.